The van der Waals surface area contributed by atoms with Gasteiger partial charge in [-0.05, 0) is 82.2 Å². The number of para-hydroxylation sites is 3. The van der Waals surface area contributed by atoms with Crippen LogP contribution < -0.4 is 0 Å². The molecule has 0 unspecified atom stereocenters. The third kappa shape index (κ3) is 4.31. The average molecular weight is 636 g/mol. The number of fused-ring (bicyclic) bond motifs is 6. The molecule has 9 rings (SSSR count). The van der Waals surface area contributed by atoms with Gasteiger partial charge in [0.05, 0.1) is 52.5 Å². The number of hydrogen-bond donors (Lipinski definition) is 0. The molecule has 0 saturated heterocycles. The first-order chi connectivity index (χ1) is 24.7. The summed E-state index contributed by atoms with van der Waals surface area (Å²) < 4.78 is 4.43. The minimum atomic E-state index is 0.511. The van der Waals surface area contributed by atoms with Crippen LogP contribution in [-0.4, -0.2) is 9.13 Å². The monoisotopic (exact) mass is 635 g/mol. The summed E-state index contributed by atoms with van der Waals surface area (Å²) in [5.74, 6) is 0. The first-order valence-corrected chi connectivity index (χ1v) is 16.2. The summed E-state index contributed by atoms with van der Waals surface area (Å²) in [6.45, 7) is 15.9. The quantitative estimate of drug-likeness (QED) is 0.177. The lowest BCUT2D eigenvalue weighted by Crippen LogP contribution is -1.99. The molecule has 230 valence electrons. The molecule has 9 aromatic rings. The highest BCUT2D eigenvalue weighted by Gasteiger charge is 2.21. The summed E-state index contributed by atoms with van der Waals surface area (Å²) in [4.78, 5) is 7.69. The van der Waals surface area contributed by atoms with Crippen molar-refractivity contribution in [3.8, 4) is 39.7 Å². The van der Waals surface area contributed by atoms with Crippen molar-refractivity contribution in [3.63, 3.8) is 0 Å². The fourth-order valence-electron chi connectivity index (χ4n) is 7.43. The van der Waals surface area contributed by atoms with Crippen LogP contribution in [0.3, 0.4) is 0 Å². The smallest absolute Gasteiger partial charge is 0.211 e. The Balaban J connectivity index is 1.25. The van der Waals surface area contributed by atoms with Crippen LogP contribution in [0.2, 0.25) is 0 Å². The van der Waals surface area contributed by atoms with Gasteiger partial charge in [-0.15, -0.1) is 0 Å². The summed E-state index contributed by atoms with van der Waals surface area (Å²) in [6, 6.07) is 53.4. The van der Waals surface area contributed by atoms with Crippen molar-refractivity contribution in [2.45, 2.75) is 0 Å². The molecule has 0 N–H and O–H groups in total. The van der Waals surface area contributed by atoms with Gasteiger partial charge in [-0.1, -0.05) is 97.1 Å². The minimum Gasteiger partial charge on any atom is -0.318 e. The molecular formula is C45H25N5. The van der Waals surface area contributed by atoms with Gasteiger partial charge in [0.25, 0.3) is 0 Å². The standard InChI is InChI=1S/C45H25N5/c1-47-31-21-25-44-39(27-31)38-26-29(28-46)18-24-43(38)50(44)45-37(14-9-15-40(45)48-2)34-11-4-3-10-33(34)30-19-22-32(23-20-30)49-41-16-7-5-12-35(41)36-13-6-8-17-42(36)49/h3-27H. The largest absolute Gasteiger partial charge is 0.318 e. The lowest BCUT2D eigenvalue weighted by Gasteiger charge is -2.19. The number of hydrogen-bond acceptors (Lipinski definition) is 1. The molecule has 0 aliphatic carbocycles. The molecule has 0 fully saturated rings. The van der Waals surface area contributed by atoms with Gasteiger partial charge < -0.3 is 9.13 Å². The summed E-state index contributed by atoms with van der Waals surface area (Å²) in [5.41, 5.74) is 11.5. The van der Waals surface area contributed by atoms with Gasteiger partial charge in [0, 0.05) is 21.8 Å². The van der Waals surface area contributed by atoms with Crippen molar-refractivity contribution in [1.82, 2.24) is 9.13 Å². The molecule has 0 bridgehead atoms. The zero-order chi connectivity index (χ0) is 33.8. The molecule has 5 nitrogen and oxygen atoms in total. The second-order valence-electron chi connectivity index (χ2n) is 12.2. The van der Waals surface area contributed by atoms with Gasteiger partial charge in [0.15, 0.2) is 5.69 Å². The molecule has 0 amide bonds. The molecule has 2 aromatic heterocycles. The number of nitriles is 1. The van der Waals surface area contributed by atoms with E-state index in [1.54, 1.807) is 6.07 Å². The zero-order valence-electron chi connectivity index (χ0n) is 26.7. The summed E-state index contributed by atoms with van der Waals surface area (Å²) in [6.07, 6.45) is 0. The minimum absolute atomic E-state index is 0.511. The SMILES string of the molecule is [C-]#[N+]c1ccc2c(c1)c1cc(C#N)ccc1n2-c1c([N+]#[C-])cccc1-c1ccccc1-c1ccc(-n2c3ccccc3c3ccccc32)cc1. The third-order valence-corrected chi connectivity index (χ3v) is 9.60. The maximum Gasteiger partial charge on any atom is 0.211 e. The van der Waals surface area contributed by atoms with E-state index in [2.05, 4.69) is 116 Å². The molecule has 5 heteroatoms. The second-order valence-corrected chi connectivity index (χ2v) is 12.2. The Labute approximate surface area is 288 Å². The zero-order valence-corrected chi connectivity index (χ0v) is 26.7. The van der Waals surface area contributed by atoms with Gasteiger partial charge in [-0.25, -0.2) is 9.69 Å². The third-order valence-electron chi connectivity index (χ3n) is 9.60. The van der Waals surface area contributed by atoms with Crippen molar-refractivity contribution in [1.29, 1.82) is 5.26 Å². The van der Waals surface area contributed by atoms with Gasteiger partial charge >= 0.3 is 0 Å². The normalized spacial score (nSPS) is 11.1. The first kappa shape index (κ1) is 28.8. The second kappa shape index (κ2) is 11.4. The summed E-state index contributed by atoms with van der Waals surface area (Å²) >= 11 is 0. The van der Waals surface area contributed by atoms with E-state index in [4.69, 9.17) is 13.1 Å². The Morgan fingerprint density at radius 2 is 1.08 bits per heavy atom. The molecule has 0 radical (unpaired) electrons. The lowest BCUT2D eigenvalue weighted by molar-refractivity contribution is 1.18. The van der Waals surface area contributed by atoms with E-state index in [1.165, 1.54) is 21.8 Å². The molecule has 7 aromatic carbocycles. The van der Waals surface area contributed by atoms with Gasteiger partial charge in [0.1, 0.15) is 0 Å². The summed E-state index contributed by atoms with van der Waals surface area (Å²) in [7, 11) is 0. The maximum atomic E-state index is 9.73. The molecular weight excluding hydrogens is 611 g/mol. The Hall–Kier alpha value is -7.39. The molecule has 0 spiro atoms. The van der Waals surface area contributed by atoms with Gasteiger partial charge in [-0.2, -0.15) is 5.26 Å². The van der Waals surface area contributed by atoms with Crippen molar-refractivity contribution >= 4 is 55.0 Å². The lowest BCUT2D eigenvalue weighted by atomic mass is 9.93. The Bertz CT molecular complexity index is 2830. The Kier molecular flexibility index (Phi) is 6.56. The topological polar surface area (TPSA) is 42.4 Å². The van der Waals surface area contributed by atoms with Crippen LogP contribution in [0.4, 0.5) is 11.4 Å². The van der Waals surface area contributed by atoms with E-state index in [0.29, 0.717) is 16.9 Å². The van der Waals surface area contributed by atoms with Crippen LogP contribution in [0.25, 0.3) is 86.9 Å². The van der Waals surface area contributed by atoms with Crippen LogP contribution in [0, 0.1) is 24.5 Å². The van der Waals surface area contributed by atoms with Crippen LogP contribution in [0.15, 0.2) is 152 Å². The van der Waals surface area contributed by atoms with Gasteiger partial charge in [-0.3, -0.25) is 0 Å². The predicted molar refractivity (Wildman–Crippen MR) is 203 cm³/mol. The highest BCUT2D eigenvalue weighted by Crippen LogP contribution is 2.44. The molecule has 0 atom stereocenters. The van der Waals surface area contributed by atoms with Crippen molar-refractivity contribution in [3.05, 3.63) is 180 Å². The van der Waals surface area contributed by atoms with Crippen LogP contribution in [-0.2, 0) is 0 Å². The van der Waals surface area contributed by atoms with E-state index in [1.807, 2.05) is 54.6 Å². The van der Waals surface area contributed by atoms with E-state index in [0.717, 1.165) is 55.4 Å². The van der Waals surface area contributed by atoms with Crippen molar-refractivity contribution < 1.29 is 0 Å². The van der Waals surface area contributed by atoms with Crippen LogP contribution >= 0.6 is 0 Å². The molecule has 0 aliphatic heterocycles. The number of aromatic nitrogens is 2. The highest BCUT2D eigenvalue weighted by atomic mass is 15.0. The number of rotatable bonds is 4. The predicted octanol–water partition coefficient (Wildman–Crippen LogP) is 12.2. The molecule has 0 aliphatic rings. The number of nitrogens with zero attached hydrogens (tertiary/aromatic N) is 5. The van der Waals surface area contributed by atoms with Gasteiger partial charge in [0.2, 0.25) is 5.69 Å². The maximum absolute atomic E-state index is 9.73. The molecule has 2 heterocycles. The highest BCUT2D eigenvalue weighted by molar-refractivity contribution is 6.12. The Morgan fingerprint density at radius 3 is 1.76 bits per heavy atom. The van der Waals surface area contributed by atoms with E-state index >= 15 is 0 Å². The van der Waals surface area contributed by atoms with Crippen LogP contribution in [0.1, 0.15) is 5.56 Å². The van der Waals surface area contributed by atoms with Crippen molar-refractivity contribution in [2.24, 2.45) is 0 Å². The summed E-state index contributed by atoms with van der Waals surface area (Å²) in [5, 5.41) is 13.9. The first-order valence-electron chi connectivity index (χ1n) is 16.2. The number of benzene rings is 7. The van der Waals surface area contributed by atoms with E-state index < -0.39 is 0 Å². The molecule has 50 heavy (non-hydrogen) atoms. The average Bonchev–Trinajstić information content (AvgIpc) is 3.69. The molecule has 0 saturated carbocycles. The van der Waals surface area contributed by atoms with Crippen LogP contribution in [0.5, 0.6) is 0 Å². The van der Waals surface area contributed by atoms with E-state index in [9.17, 15) is 5.26 Å². The fraction of sp³-hybridized carbons (Fsp3) is 0. The van der Waals surface area contributed by atoms with E-state index in [-0.39, 0.29) is 0 Å². The fourth-order valence-corrected chi connectivity index (χ4v) is 7.43. The van der Waals surface area contributed by atoms with Crippen molar-refractivity contribution in [2.75, 3.05) is 0 Å². The Morgan fingerprint density at radius 1 is 0.480 bits per heavy atom.